The Morgan fingerprint density at radius 3 is 1.40 bits per heavy atom. The Hall–Kier alpha value is -0.730. The molecule has 3 heteroatoms. The van der Waals surface area contributed by atoms with Crippen LogP contribution in [0.5, 0.6) is 0 Å². The second kappa shape index (κ2) is 19.6. The van der Waals surface area contributed by atoms with Crippen molar-refractivity contribution in [3.63, 3.8) is 0 Å². The van der Waals surface area contributed by atoms with Crippen molar-refractivity contribution in [2.75, 3.05) is 19.7 Å². The number of ether oxygens (including phenoxy) is 1. The van der Waals surface area contributed by atoms with Crippen molar-refractivity contribution in [1.29, 1.82) is 0 Å². The second-order valence-corrected chi connectivity index (χ2v) is 7.34. The van der Waals surface area contributed by atoms with E-state index in [9.17, 15) is 4.79 Å². The molecule has 0 aromatic carbocycles. The molecule has 1 amide bonds. The highest BCUT2D eigenvalue weighted by Gasteiger charge is 2.13. The number of carbonyl (C=O) groups excluding carboxylic acids is 1. The zero-order chi connectivity index (χ0) is 18.6. The van der Waals surface area contributed by atoms with Crippen molar-refractivity contribution in [1.82, 2.24) is 4.90 Å². The molecule has 0 unspecified atom stereocenters. The summed E-state index contributed by atoms with van der Waals surface area (Å²) in [5.41, 5.74) is 0. The maximum atomic E-state index is 12.2. The molecule has 0 aliphatic carbocycles. The highest BCUT2D eigenvalue weighted by molar-refractivity contribution is 5.67. The molecule has 0 N–H and O–H groups in total. The standard InChI is InChI=1S/C22H45NO2/c1-4-7-9-11-13-15-17-19-23(22(24)25-21-6-3)20-18-16-14-12-10-8-5-2/h4-21H2,1-3H3. The largest absolute Gasteiger partial charge is 0.449 e. The zero-order valence-corrected chi connectivity index (χ0v) is 17.5. The van der Waals surface area contributed by atoms with Crippen LogP contribution in [0.15, 0.2) is 0 Å². The molecular weight excluding hydrogens is 310 g/mol. The Kier molecular flexibility index (Phi) is 19.0. The summed E-state index contributed by atoms with van der Waals surface area (Å²) in [7, 11) is 0. The van der Waals surface area contributed by atoms with E-state index in [1.807, 2.05) is 11.8 Å². The van der Waals surface area contributed by atoms with Gasteiger partial charge in [-0.15, -0.1) is 0 Å². The third kappa shape index (κ3) is 16.5. The number of carbonyl (C=O) groups is 1. The molecule has 3 nitrogen and oxygen atoms in total. The fraction of sp³-hybridized carbons (Fsp3) is 0.955. The Bertz CT molecular complexity index is 263. The van der Waals surface area contributed by atoms with Crippen LogP contribution >= 0.6 is 0 Å². The molecule has 0 aromatic heterocycles. The highest BCUT2D eigenvalue weighted by Crippen LogP contribution is 2.11. The van der Waals surface area contributed by atoms with Gasteiger partial charge in [-0.3, -0.25) is 0 Å². The van der Waals surface area contributed by atoms with Crippen molar-refractivity contribution in [2.24, 2.45) is 0 Å². The van der Waals surface area contributed by atoms with Gasteiger partial charge in [-0.05, 0) is 19.3 Å². The summed E-state index contributed by atoms with van der Waals surface area (Å²) >= 11 is 0. The normalized spacial score (nSPS) is 10.8. The van der Waals surface area contributed by atoms with Crippen LogP contribution in [-0.2, 0) is 4.74 Å². The molecule has 0 heterocycles. The Morgan fingerprint density at radius 2 is 1.00 bits per heavy atom. The molecule has 0 atom stereocenters. The maximum Gasteiger partial charge on any atom is 0.409 e. The first-order valence-electron chi connectivity index (χ1n) is 11.2. The molecule has 150 valence electrons. The first kappa shape index (κ1) is 24.3. The molecule has 0 aliphatic rings. The van der Waals surface area contributed by atoms with Gasteiger partial charge >= 0.3 is 6.09 Å². The van der Waals surface area contributed by atoms with E-state index in [1.165, 1.54) is 77.0 Å². The Balaban J connectivity index is 3.88. The quantitative estimate of drug-likeness (QED) is 0.241. The molecule has 0 aliphatic heterocycles. The Morgan fingerprint density at radius 1 is 0.600 bits per heavy atom. The summed E-state index contributed by atoms with van der Waals surface area (Å²) in [5.74, 6) is 0. The molecule has 0 spiro atoms. The van der Waals surface area contributed by atoms with Gasteiger partial charge in [0.05, 0.1) is 6.61 Å². The summed E-state index contributed by atoms with van der Waals surface area (Å²) in [6.45, 7) is 8.83. The topological polar surface area (TPSA) is 29.5 Å². The van der Waals surface area contributed by atoms with Gasteiger partial charge in [0.2, 0.25) is 0 Å². The summed E-state index contributed by atoms with van der Waals surface area (Å²) in [5, 5.41) is 0. The minimum Gasteiger partial charge on any atom is -0.449 e. The zero-order valence-electron chi connectivity index (χ0n) is 17.5. The summed E-state index contributed by atoms with van der Waals surface area (Å²) < 4.78 is 5.36. The van der Waals surface area contributed by atoms with Crippen LogP contribution in [-0.4, -0.2) is 30.7 Å². The van der Waals surface area contributed by atoms with Crippen molar-refractivity contribution >= 4 is 6.09 Å². The molecule has 25 heavy (non-hydrogen) atoms. The molecule has 0 aromatic rings. The average molecular weight is 356 g/mol. The molecule has 0 fully saturated rings. The predicted molar refractivity (Wildman–Crippen MR) is 109 cm³/mol. The predicted octanol–water partition coefficient (Wildman–Crippen LogP) is 7.34. The first-order chi connectivity index (χ1) is 12.3. The van der Waals surface area contributed by atoms with Crippen molar-refractivity contribution < 1.29 is 9.53 Å². The van der Waals surface area contributed by atoms with E-state index < -0.39 is 0 Å². The summed E-state index contributed by atoms with van der Waals surface area (Å²) in [6, 6.07) is 0. The van der Waals surface area contributed by atoms with E-state index in [4.69, 9.17) is 4.74 Å². The fourth-order valence-electron chi connectivity index (χ4n) is 3.09. The SMILES string of the molecule is CCCCCCCCCN(CCCCCCCCC)C(=O)OCCC. The van der Waals surface area contributed by atoms with Crippen LogP contribution in [0.3, 0.4) is 0 Å². The van der Waals surface area contributed by atoms with E-state index >= 15 is 0 Å². The number of amides is 1. The number of nitrogens with zero attached hydrogens (tertiary/aromatic N) is 1. The van der Waals surface area contributed by atoms with Gasteiger partial charge in [-0.1, -0.05) is 97.8 Å². The average Bonchev–Trinajstić information content (AvgIpc) is 2.62. The lowest BCUT2D eigenvalue weighted by Gasteiger charge is -2.22. The number of hydrogen-bond acceptors (Lipinski definition) is 2. The van der Waals surface area contributed by atoms with Crippen LogP contribution in [0.25, 0.3) is 0 Å². The van der Waals surface area contributed by atoms with Crippen molar-refractivity contribution in [2.45, 2.75) is 117 Å². The lowest BCUT2D eigenvalue weighted by Crippen LogP contribution is -2.33. The van der Waals surface area contributed by atoms with E-state index in [1.54, 1.807) is 0 Å². The minimum absolute atomic E-state index is 0.0983. The Labute approximate surface area is 157 Å². The van der Waals surface area contributed by atoms with Gasteiger partial charge in [-0.25, -0.2) is 4.79 Å². The maximum absolute atomic E-state index is 12.2. The van der Waals surface area contributed by atoms with Gasteiger partial charge in [-0.2, -0.15) is 0 Å². The molecular formula is C22H45NO2. The van der Waals surface area contributed by atoms with Crippen LogP contribution in [0.2, 0.25) is 0 Å². The van der Waals surface area contributed by atoms with Crippen molar-refractivity contribution in [3.05, 3.63) is 0 Å². The summed E-state index contributed by atoms with van der Waals surface area (Å²) in [4.78, 5) is 14.2. The smallest absolute Gasteiger partial charge is 0.409 e. The van der Waals surface area contributed by atoms with Gasteiger partial charge < -0.3 is 9.64 Å². The number of unbranched alkanes of at least 4 members (excludes halogenated alkanes) is 12. The van der Waals surface area contributed by atoms with Gasteiger partial charge in [0, 0.05) is 13.1 Å². The van der Waals surface area contributed by atoms with E-state index in [0.717, 1.165) is 32.4 Å². The molecule has 0 bridgehead atoms. The third-order valence-electron chi connectivity index (χ3n) is 4.75. The lowest BCUT2D eigenvalue weighted by molar-refractivity contribution is 0.101. The minimum atomic E-state index is -0.0983. The van der Waals surface area contributed by atoms with Gasteiger partial charge in [0.25, 0.3) is 0 Å². The van der Waals surface area contributed by atoms with Crippen molar-refractivity contribution in [3.8, 4) is 0 Å². The third-order valence-corrected chi connectivity index (χ3v) is 4.75. The molecule has 0 rings (SSSR count). The monoisotopic (exact) mass is 355 g/mol. The lowest BCUT2D eigenvalue weighted by atomic mass is 10.1. The van der Waals surface area contributed by atoms with Crippen LogP contribution in [0, 0.1) is 0 Å². The number of rotatable bonds is 18. The highest BCUT2D eigenvalue weighted by atomic mass is 16.6. The summed E-state index contributed by atoms with van der Waals surface area (Å²) in [6.07, 6.45) is 18.8. The van der Waals surface area contributed by atoms with Crippen LogP contribution < -0.4 is 0 Å². The fourth-order valence-corrected chi connectivity index (χ4v) is 3.09. The van der Waals surface area contributed by atoms with Gasteiger partial charge in [0.1, 0.15) is 0 Å². The number of hydrogen-bond donors (Lipinski definition) is 0. The first-order valence-corrected chi connectivity index (χ1v) is 11.2. The van der Waals surface area contributed by atoms with E-state index in [0.29, 0.717) is 6.61 Å². The van der Waals surface area contributed by atoms with E-state index in [-0.39, 0.29) is 6.09 Å². The van der Waals surface area contributed by atoms with Gasteiger partial charge in [0.15, 0.2) is 0 Å². The molecule has 0 saturated heterocycles. The molecule has 0 radical (unpaired) electrons. The van der Waals surface area contributed by atoms with E-state index in [2.05, 4.69) is 13.8 Å². The van der Waals surface area contributed by atoms with Crippen LogP contribution in [0.4, 0.5) is 4.79 Å². The second-order valence-electron chi connectivity index (χ2n) is 7.34. The molecule has 0 saturated carbocycles. The van der Waals surface area contributed by atoms with Crippen LogP contribution in [0.1, 0.15) is 117 Å².